The number of aromatic nitrogens is 2. The standard InChI is InChI=1S/C11H13N5O2/c1-15-5-4-13-11(15)7-14-8-2-3-10(16(17)18)9(12)6-8/h2-6,14H,7,12H2,1H3. The van der Waals surface area contributed by atoms with E-state index in [-0.39, 0.29) is 11.4 Å². The first-order valence-electron chi connectivity index (χ1n) is 5.32. The minimum Gasteiger partial charge on any atom is -0.393 e. The molecule has 0 bridgehead atoms. The van der Waals surface area contributed by atoms with Gasteiger partial charge in [0.2, 0.25) is 0 Å². The summed E-state index contributed by atoms with van der Waals surface area (Å²) in [5, 5.41) is 13.7. The molecule has 0 aliphatic rings. The van der Waals surface area contributed by atoms with Gasteiger partial charge in [0, 0.05) is 31.2 Å². The van der Waals surface area contributed by atoms with Gasteiger partial charge in [-0.05, 0) is 12.1 Å². The Morgan fingerprint density at radius 2 is 2.33 bits per heavy atom. The van der Waals surface area contributed by atoms with Gasteiger partial charge in [-0.15, -0.1) is 0 Å². The van der Waals surface area contributed by atoms with Gasteiger partial charge >= 0.3 is 0 Å². The number of nitrogen functional groups attached to an aromatic ring is 1. The number of imidazole rings is 1. The maximum absolute atomic E-state index is 10.6. The van der Waals surface area contributed by atoms with Crippen LogP contribution < -0.4 is 11.1 Å². The third-order valence-corrected chi connectivity index (χ3v) is 2.60. The van der Waals surface area contributed by atoms with E-state index in [1.165, 1.54) is 6.07 Å². The molecular weight excluding hydrogens is 234 g/mol. The molecule has 18 heavy (non-hydrogen) atoms. The van der Waals surface area contributed by atoms with Crippen molar-refractivity contribution in [1.29, 1.82) is 0 Å². The lowest BCUT2D eigenvalue weighted by Crippen LogP contribution is -2.06. The summed E-state index contributed by atoms with van der Waals surface area (Å²) in [4.78, 5) is 14.3. The third kappa shape index (κ3) is 2.40. The number of nitrogens with one attached hydrogen (secondary N) is 1. The molecule has 2 rings (SSSR count). The summed E-state index contributed by atoms with van der Waals surface area (Å²) in [6.07, 6.45) is 3.56. The van der Waals surface area contributed by atoms with Crippen LogP contribution in [0.3, 0.4) is 0 Å². The average molecular weight is 247 g/mol. The minimum atomic E-state index is -0.502. The van der Waals surface area contributed by atoms with Crippen molar-refractivity contribution in [2.24, 2.45) is 7.05 Å². The normalized spacial score (nSPS) is 10.3. The van der Waals surface area contributed by atoms with Crippen LogP contribution in [-0.4, -0.2) is 14.5 Å². The minimum absolute atomic E-state index is 0.0856. The van der Waals surface area contributed by atoms with Gasteiger partial charge in [-0.3, -0.25) is 10.1 Å². The Kier molecular flexibility index (Phi) is 3.13. The Bertz CT molecular complexity index is 579. The molecule has 0 amide bonds. The highest BCUT2D eigenvalue weighted by atomic mass is 16.6. The first-order chi connectivity index (χ1) is 8.58. The summed E-state index contributed by atoms with van der Waals surface area (Å²) >= 11 is 0. The van der Waals surface area contributed by atoms with Gasteiger partial charge in [-0.1, -0.05) is 0 Å². The molecule has 0 saturated heterocycles. The van der Waals surface area contributed by atoms with Crippen molar-refractivity contribution >= 4 is 17.1 Å². The summed E-state index contributed by atoms with van der Waals surface area (Å²) in [6.45, 7) is 0.529. The van der Waals surface area contributed by atoms with E-state index in [0.717, 1.165) is 11.5 Å². The summed E-state index contributed by atoms with van der Waals surface area (Å²) < 4.78 is 1.89. The van der Waals surface area contributed by atoms with Crippen LogP contribution in [0.2, 0.25) is 0 Å². The van der Waals surface area contributed by atoms with Crippen LogP contribution in [0, 0.1) is 10.1 Å². The zero-order valence-corrected chi connectivity index (χ0v) is 9.83. The number of nitrogens with two attached hydrogens (primary N) is 1. The lowest BCUT2D eigenvalue weighted by molar-refractivity contribution is -0.383. The van der Waals surface area contributed by atoms with Crippen LogP contribution in [0.4, 0.5) is 17.1 Å². The Labute approximate surface area is 103 Å². The summed E-state index contributed by atoms with van der Waals surface area (Å²) in [5.74, 6) is 0.868. The molecule has 2 aromatic rings. The van der Waals surface area contributed by atoms with Crippen molar-refractivity contribution in [2.75, 3.05) is 11.1 Å². The lowest BCUT2D eigenvalue weighted by atomic mass is 10.2. The van der Waals surface area contributed by atoms with Crippen LogP contribution in [0.5, 0.6) is 0 Å². The number of benzene rings is 1. The van der Waals surface area contributed by atoms with Crippen LogP contribution >= 0.6 is 0 Å². The van der Waals surface area contributed by atoms with Crippen LogP contribution in [0.25, 0.3) is 0 Å². The van der Waals surface area contributed by atoms with Crippen LogP contribution in [0.15, 0.2) is 30.6 Å². The molecule has 0 fully saturated rings. The zero-order valence-electron chi connectivity index (χ0n) is 9.83. The Hall–Kier alpha value is -2.57. The van der Waals surface area contributed by atoms with E-state index >= 15 is 0 Å². The molecule has 1 aromatic carbocycles. The highest BCUT2D eigenvalue weighted by Crippen LogP contribution is 2.24. The lowest BCUT2D eigenvalue weighted by Gasteiger charge is -2.07. The number of hydrogen-bond donors (Lipinski definition) is 2. The molecule has 0 spiro atoms. The molecule has 0 aliphatic heterocycles. The van der Waals surface area contributed by atoms with Gasteiger partial charge in [-0.2, -0.15) is 0 Å². The molecule has 94 valence electrons. The molecule has 7 nitrogen and oxygen atoms in total. The second-order valence-corrected chi connectivity index (χ2v) is 3.84. The number of nitrogens with zero attached hydrogens (tertiary/aromatic N) is 3. The van der Waals surface area contributed by atoms with Gasteiger partial charge in [0.05, 0.1) is 11.5 Å². The molecule has 0 atom stereocenters. The highest BCUT2D eigenvalue weighted by Gasteiger charge is 2.11. The first kappa shape index (κ1) is 11.9. The molecule has 0 radical (unpaired) electrons. The van der Waals surface area contributed by atoms with Gasteiger partial charge < -0.3 is 15.6 Å². The number of rotatable bonds is 4. The SMILES string of the molecule is Cn1ccnc1CNc1ccc([N+](=O)[O-])c(N)c1. The van der Waals surface area contributed by atoms with E-state index in [4.69, 9.17) is 5.73 Å². The average Bonchev–Trinajstić information content (AvgIpc) is 2.72. The van der Waals surface area contributed by atoms with Crippen molar-refractivity contribution in [3.8, 4) is 0 Å². The molecule has 7 heteroatoms. The van der Waals surface area contributed by atoms with Gasteiger partial charge in [0.25, 0.3) is 5.69 Å². The summed E-state index contributed by atoms with van der Waals surface area (Å²) in [7, 11) is 1.90. The van der Waals surface area contributed by atoms with E-state index in [2.05, 4.69) is 10.3 Å². The van der Waals surface area contributed by atoms with Crippen LogP contribution in [-0.2, 0) is 13.6 Å². The number of nitro groups is 1. The second-order valence-electron chi connectivity index (χ2n) is 3.84. The fraction of sp³-hybridized carbons (Fsp3) is 0.182. The van der Waals surface area contributed by atoms with Crippen molar-refractivity contribution in [2.45, 2.75) is 6.54 Å². The maximum atomic E-state index is 10.6. The fourth-order valence-corrected chi connectivity index (χ4v) is 1.58. The number of anilines is 2. The topological polar surface area (TPSA) is 99.0 Å². The van der Waals surface area contributed by atoms with Gasteiger partial charge in [0.1, 0.15) is 11.5 Å². The predicted octanol–water partition coefficient (Wildman–Crippen LogP) is 1.52. The molecule has 0 unspecified atom stereocenters. The number of hydrogen-bond acceptors (Lipinski definition) is 5. The largest absolute Gasteiger partial charge is 0.393 e. The van der Waals surface area contributed by atoms with E-state index in [9.17, 15) is 10.1 Å². The highest BCUT2D eigenvalue weighted by molar-refractivity contribution is 5.65. The fourth-order valence-electron chi connectivity index (χ4n) is 1.58. The second kappa shape index (κ2) is 4.74. The van der Waals surface area contributed by atoms with Crippen LogP contribution in [0.1, 0.15) is 5.82 Å². The summed E-state index contributed by atoms with van der Waals surface area (Å²) in [6, 6.07) is 4.55. The van der Waals surface area contributed by atoms with E-state index in [0.29, 0.717) is 6.54 Å². The first-order valence-corrected chi connectivity index (χ1v) is 5.32. The molecule has 0 saturated carbocycles. The van der Waals surface area contributed by atoms with Crippen molar-refractivity contribution < 1.29 is 4.92 Å². The van der Waals surface area contributed by atoms with E-state index in [1.54, 1.807) is 18.3 Å². The van der Waals surface area contributed by atoms with Crippen molar-refractivity contribution in [3.63, 3.8) is 0 Å². The molecule has 0 aliphatic carbocycles. The Balaban J connectivity index is 2.09. The molecule has 1 heterocycles. The predicted molar refractivity (Wildman–Crippen MR) is 68.0 cm³/mol. The van der Waals surface area contributed by atoms with Crippen molar-refractivity contribution in [3.05, 3.63) is 46.5 Å². The molecule has 3 N–H and O–H groups in total. The third-order valence-electron chi connectivity index (χ3n) is 2.60. The molecular formula is C11H13N5O2. The number of aryl methyl sites for hydroxylation is 1. The van der Waals surface area contributed by atoms with Gasteiger partial charge in [-0.25, -0.2) is 4.98 Å². The Morgan fingerprint density at radius 3 is 2.89 bits per heavy atom. The zero-order chi connectivity index (χ0) is 13.1. The monoisotopic (exact) mass is 247 g/mol. The maximum Gasteiger partial charge on any atom is 0.292 e. The quantitative estimate of drug-likeness (QED) is 0.485. The van der Waals surface area contributed by atoms with Gasteiger partial charge in [0.15, 0.2) is 0 Å². The van der Waals surface area contributed by atoms with E-state index in [1.807, 2.05) is 17.8 Å². The van der Waals surface area contributed by atoms with Crippen molar-refractivity contribution in [1.82, 2.24) is 9.55 Å². The Morgan fingerprint density at radius 1 is 1.56 bits per heavy atom. The number of nitro benzene ring substituents is 1. The van der Waals surface area contributed by atoms with E-state index < -0.39 is 4.92 Å². The smallest absolute Gasteiger partial charge is 0.292 e. The summed E-state index contributed by atoms with van der Waals surface area (Å²) in [5.41, 5.74) is 6.38. The molecule has 1 aromatic heterocycles.